The molecule has 0 aromatic carbocycles. The van der Waals surface area contributed by atoms with E-state index >= 15 is 0 Å². The molecule has 0 saturated carbocycles. The minimum atomic E-state index is 0.201. The summed E-state index contributed by atoms with van der Waals surface area (Å²) in [6, 6.07) is 0.201. The fraction of sp³-hybridized carbons (Fsp3) is 0.400. The third kappa shape index (κ3) is 3.48. The topological polar surface area (TPSA) is 111 Å². The average molecular weight is 281 g/mol. The second-order valence-corrected chi connectivity index (χ2v) is 4.69. The zero-order valence-electron chi connectivity index (χ0n) is 10.6. The van der Waals surface area contributed by atoms with Crippen molar-refractivity contribution < 1.29 is 4.74 Å². The molecule has 4 N–H and O–H groups in total. The van der Waals surface area contributed by atoms with E-state index in [4.69, 9.17) is 10.6 Å². The van der Waals surface area contributed by atoms with Gasteiger partial charge in [0.05, 0.1) is 12.1 Å². The maximum absolute atomic E-state index is 5.28. The molecule has 1 atom stereocenters. The van der Waals surface area contributed by atoms with E-state index < -0.39 is 0 Å². The molecule has 1 unspecified atom stereocenters. The second kappa shape index (κ2) is 6.25. The summed E-state index contributed by atoms with van der Waals surface area (Å²) in [5, 5.41) is 6.12. The smallest absolute Gasteiger partial charge is 0.322 e. The van der Waals surface area contributed by atoms with Gasteiger partial charge in [-0.1, -0.05) is 6.92 Å². The van der Waals surface area contributed by atoms with Gasteiger partial charge < -0.3 is 10.1 Å². The first kappa shape index (κ1) is 13.4. The molecule has 0 saturated heterocycles. The molecule has 0 aliphatic rings. The number of hydrogen-bond donors (Lipinski definition) is 3. The lowest BCUT2D eigenvalue weighted by Gasteiger charge is -2.11. The molecule has 0 aliphatic heterocycles. The molecular weight excluding hydrogens is 266 g/mol. The van der Waals surface area contributed by atoms with Gasteiger partial charge in [-0.2, -0.15) is 15.0 Å². The van der Waals surface area contributed by atoms with E-state index in [0.717, 1.165) is 5.01 Å². The highest BCUT2D eigenvalue weighted by Gasteiger charge is 2.10. The molecule has 2 aromatic rings. The molecule has 102 valence electrons. The van der Waals surface area contributed by atoms with Crippen molar-refractivity contribution in [1.82, 2.24) is 19.9 Å². The van der Waals surface area contributed by atoms with Gasteiger partial charge in [-0.25, -0.2) is 10.8 Å². The van der Waals surface area contributed by atoms with Crippen molar-refractivity contribution in [3.8, 4) is 6.01 Å². The van der Waals surface area contributed by atoms with Gasteiger partial charge in [0.1, 0.15) is 0 Å². The van der Waals surface area contributed by atoms with Crippen molar-refractivity contribution in [2.45, 2.75) is 12.8 Å². The summed E-state index contributed by atoms with van der Waals surface area (Å²) >= 11 is 1.62. The first-order valence-corrected chi connectivity index (χ1v) is 6.51. The number of hydrazine groups is 1. The largest absolute Gasteiger partial charge is 0.467 e. The zero-order chi connectivity index (χ0) is 13.7. The number of rotatable bonds is 6. The summed E-state index contributed by atoms with van der Waals surface area (Å²) in [6.45, 7) is 2.73. The van der Waals surface area contributed by atoms with E-state index in [2.05, 4.69) is 37.6 Å². The highest BCUT2D eigenvalue weighted by molar-refractivity contribution is 7.09. The van der Waals surface area contributed by atoms with Gasteiger partial charge in [0.2, 0.25) is 11.9 Å². The molecule has 2 heterocycles. The Morgan fingerprint density at radius 1 is 1.37 bits per heavy atom. The summed E-state index contributed by atoms with van der Waals surface area (Å²) in [6.07, 6.45) is 1.79. The third-order valence-corrected chi connectivity index (χ3v) is 3.37. The Morgan fingerprint density at radius 2 is 2.16 bits per heavy atom. The molecule has 8 nitrogen and oxygen atoms in total. The van der Waals surface area contributed by atoms with Gasteiger partial charge in [0, 0.05) is 24.0 Å². The van der Waals surface area contributed by atoms with Crippen molar-refractivity contribution in [3.05, 3.63) is 16.6 Å². The fourth-order valence-corrected chi connectivity index (χ4v) is 2.10. The number of ether oxygens (including phenoxy) is 1. The van der Waals surface area contributed by atoms with Gasteiger partial charge in [-0.15, -0.1) is 11.3 Å². The minimum absolute atomic E-state index is 0.201. The van der Waals surface area contributed by atoms with Crippen molar-refractivity contribution in [3.63, 3.8) is 0 Å². The SMILES string of the molecule is COc1nc(NN)nc(NCC(C)c2nccs2)n1. The number of nitrogens with zero attached hydrogens (tertiary/aromatic N) is 4. The molecule has 9 heteroatoms. The lowest BCUT2D eigenvalue weighted by atomic mass is 10.2. The van der Waals surface area contributed by atoms with Crippen LogP contribution in [0.3, 0.4) is 0 Å². The van der Waals surface area contributed by atoms with Gasteiger partial charge in [0.25, 0.3) is 0 Å². The summed E-state index contributed by atoms with van der Waals surface area (Å²) in [5.74, 6) is 6.19. The van der Waals surface area contributed by atoms with Crippen LogP contribution in [0.1, 0.15) is 17.8 Å². The number of nitrogens with one attached hydrogen (secondary N) is 2. The summed E-state index contributed by atoms with van der Waals surface area (Å²) in [7, 11) is 1.48. The van der Waals surface area contributed by atoms with Crippen LogP contribution in [0.4, 0.5) is 11.9 Å². The standard InChI is InChI=1S/C10H15N7OS/c1-6(7-12-3-4-19-7)5-13-8-14-9(17-11)16-10(15-8)18-2/h3-4,6H,5,11H2,1-2H3,(H2,13,14,15,16,17). The lowest BCUT2D eigenvalue weighted by Crippen LogP contribution is -2.16. The normalized spacial score (nSPS) is 11.9. The maximum atomic E-state index is 5.28. The van der Waals surface area contributed by atoms with Crippen molar-refractivity contribution in [2.24, 2.45) is 5.84 Å². The number of nitrogens with two attached hydrogens (primary N) is 1. The van der Waals surface area contributed by atoms with Crippen LogP contribution in [0.2, 0.25) is 0 Å². The van der Waals surface area contributed by atoms with E-state index in [9.17, 15) is 0 Å². The first-order valence-electron chi connectivity index (χ1n) is 5.63. The number of nitrogen functional groups attached to an aromatic ring is 1. The maximum Gasteiger partial charge on any atom is 0.322 e. The number of anilines is 2. The Morgan fingerprint density at radius 3 is 2.79 bits per heavy atom. The van der Waals surface area contributed by atoms with Crippen LogP contribution in [0, 0.1) is 0 Å². The summed E-state index contributed by atoms with van der Waals surface area (Å²) < 4.78 is 4.97. The van der Waals surface area contributed by atoms with Gasteiger partial charge in [-0.3, -0.25) is 5.43 Å². The lowest BCUT2D eigenvalue weighted by molar-refractivity contribution is 0.379. The molecule has 19 heavy (non-hydrogen) atoms. The molecular formula is C10H15N7OS. The average Bonchev–Trinajstić information content (AvgIpc) is 2.98. The first-order chi connectivity index (χ1) is 9.22. The highest BCUT2D eigenvalue weighted by Crippen LogP contribution is 2.18. The van der Waals surface area contributed by atoms with Crippen LogP contribution >= 0.6 is 11.3 Å². The Balaban J connectivity index is 2.02. The van der Waals surface area contributed by atoms with E-state index in [1.807, 2.05) is 5.38 Å². The number of thiazole rings is 1. The zero-order valence-corrected chi connectivity index (χ0v) is 11.4. The van der Waals surface area contributed by atoms with Gasteiger partial charge >= 0.3 is 6.01 Å². The van der Waals surface area contributed by atoms with E-state index in [1.165, 1.54) is 7.11 Å². The molecule has 0 bridgehead atoms. The fourth-order valence-electron chi connectivity index (χ4n) is 1.40. The highest BCUT2D eigenvalue weighted by atomic mass is 32.1. The van der Waals surface area contributed by atoms with Crippen LogP contribution < -0.4 is 21.3 Å². The van der Waals surface area contributed by atoms with Gasteiger partial charge in [0.15, 0.2) is 0 Å². The third-order valence-electron chi connectivity index (χ3n) is 2.37. The predicted molar refractivity (Wildman–Crippen MR) is 73.2 cm³/mol. The molecule has 0 radical (unpaired) electrons. The quantitative estimate of drug-likeness (QED) is 0.527. The second-order valence-electron chi connectivity index (χ2n) is 3.77. The van der Waals surface area contributed by atoms with Crippen molar-refractivity contribution in [2.75, 3.05) is 24.4 Å². The predicted octanol–water partition coefficient (Wildman–Crippen LogP) is 0.838. The van der Waals surface area contributed by atoms with Crippen molar-refractivity contribution in [1.29, 1.82) is 0 Å². The van der Waals surface area contributed by atoms with Gasteiger partial charge in [-0.05, 0) is 0 Å². The van der Waals surface area contributed by atoms with Crippen LogP contribution in [0.25, 0.3) is 0 Å². The monoisotopic (exact) mass is 281 g/mol. The van der Waals surface area contributed by atoms with Crippen LogP contribution in [-0.2, 0) is 0 Å². The summed E-state index contributed by atoms with van der Waals surface area (Å²) in [4.78, 5) is 16.4. The minimum Gasteiger partial charge on any atom is -0.467 e. The Hall–Kier alpha value is -2.00. The van der Waals surface area contributed by atoms with E-state index in [1.54, 1.807) is 17.5 Å². The molecule has 0 aliphatic carbocycles. The number of hydrogen-bond acceptors (Lipinski definition) is 9. The Bertz CT molecular complexity index is 496. The Labute approximate surface area is 114 Å². The van der Waals surface area contributed by atoms with Crippen molar-refractivity contribution >= 4 is 23.2 Å². The van der Waals surface area contributed by atoms with E-state index in [0.29, 0.717) is 12.5 Å². The summed E-state index contributed by atoms with van der Waals surface area (Å²) in [5.41, 5.74) is 2.36. The molecule has 0 spiro atoms. The van der Waals surface area contributed by atoms with Crippen LogP contribution in [-0.4, -0.2) is 33.6 Å². The van der Waals surface area contributed by atoms with Crippen LogP contribution in [0.15, 0.2) is 11.6 Å². The molecule has 2 aromatic heterocycles. The van der Waals surface area contributed by atoms with E-state index in [-0.39, 0.29) is 17.9 Å². The number of methoxy groups -OCH3 is 1. The molecule has 2 rings (SSSR count). The Kier molecular flexibility index (Phi) is 4.42. The number of aromatic nitrogens is 4. The van der Waals surface area contributed by atoms with Crippen LogP contribution in [0.5, 0.6) is 6.01 Å². The molecule has 0 amide bonds. The molecule has 0 fully saturated rings.